The third-order valence-corrected chi connectivity index (χ3v) is 3.50. The number of aryl methyl sites for hydroxylation is 1. The molecule has 2 nitrogen and oxygen atoms in total. The molecule has 0 fully saturated rings. The Balaban J connectivity index is 2.10. The van der Waals surface area contributed by atoms with Gasteiger partial charge in [0.25, 0.3) is 0 Å². The molecule has 2 aromatic carbocycles. The van der Waals surface area contributed by atoms with Crippen molar-refractivity contribution in [3.63, 3.8) is 0 Å². The van der Waals surface area contributed by atoms with E-state index >= 15 is 0 Å². The Morgan fingerprint density at radius 3 is 2.25 bits per heavy atom. The highest BCUT2D eigenvalue weighted by Gasteiger charge is 2.28. The molecule has 0 unspecified atom stereocenters. The lowest BCUT2D eigenvalue weighted by Crippen LogP contribution is -2.32. The molecule has 1 amide bonds. The molecule has 0 aliphatic heterocycles. The Hall–Kier alpha value is -2.09. The fourth-order valence-electron chi connectivity index (χ4n) is 2.19. The number of anilines is 1. The summed E-state index contributed by atoms with van der Waals surface area (Å²) >= 11 is 0. The zero-order valence-corrected chi connectivity index (χ0v) is 12.3. The molecule has 0 saturated heterocycles. The topological polar surface area (TPSA) is 29.1 Å². The minimum Gasteiger partial charge on any atom is -0.325 e. The summed E-state index contributed by atoms with van der Waals surface area (Å²) in [6.07, 6.45) is 0.728. The molecular formula is C18H21NO. The van der Waals surface area contributed by atoms with E-state index in [-0.39, 0.29) is 5.91 Å². The first kappa shape index (κ1) is 14.3. The molecule has 0 bridgehead atoms. The number of rotatable bonds is 4. The molecule has 104 valence electrons. The SMILES string of the molecule is Cc1ccccc1NC(=O)C(C)(C)Cc1ccccc1. The van der Waals surface area contributed by atoms with Gasteiger partial charge in [-0.25, -0.2) is 0 Å². The molecule has 0 radical (unpaired) electrons. The molecule has 2 rings (SSSR count). The first-order valence-corrected chi connectivity index (χ1v) is 6.90. The van der Waals surface area contributed by atoms with Crippen LogP contribution < -0.4 is 5.32 Å². The zero-order valence-electron chi connectivity index (χ0n) is 12.3. The lowest BCUT2D eigenvalue weighted by atomic mass is 9.84. The molecule has 0 spiro atoms. The van der Waals surface area contributed by atoms with Gasteiger partial charge >= 0.3 is 0 Å². The lowest BCUT2D eigenvalue weighted by Gasteiger charge is -2.24. The largest absolute Gasteiger partial charge is 0.325 e. The van der Waals surface area contributed by atoms with Crippen LogP contribution in [-0.2, 0) is 11.2 Å². The summed E-state index contributed by atoms with van der Waals surface area (Å²) in [4.78, 5) is 12.5. The lowest BCUT2D eigenvalue weighted by molar-refractivity contribution is -0.123. The predicted molar refractivity (Wildman–Crippen MR) is 83.7 cm³/mol. The van der Waals surface area contributed by atoms with Crippen LogP contribution in [0.4, 0.5) is 5.69 Å². The molecule has 0 aromatic heterocycles. The number of carbonyl (C=O) groups is 1. The molecular weight excluding hydrogens is 246 g/mol. The maximum Gasteiger partial charge on any atom is 0.230 e. The normalized spacial score (nSPS) is 11.2. The summed E-state index contributed by atoms with van der Waals surface area (Å²) in [7, 11) is 0. The van der Waals surface area contributed by atoms with Crippen molar-refractivity contribution in [1.82, 2.24) is 0 Å². The Kier molecular flexibility index (Phi) is 4.23. The Morgan fingerprint density at radius 2 is 1.60 bits per heavy atom. The molecule has 2 heteroatoms. The summed E-state index contributed by atoms with van der Waals surface area (Å²) in [5.41, 5.74) is 2.70. The quantitative estimate of drug-likeness (QED) is 0.883. The third-order valence-electron chi connectivity index (χ3n) is 3.50. The van der Waals surface area contributed by atoms with Gasteiger partial charge in [-0.2, -0.15) is 0 Å². The number of hydrogen-bond acceptors (Lipinski definition) is 1. The number of para-hydroxylation sites is 1. The molecule has 0 aliphatic carbocycles. The Labute approximate surface area is 120 Å². The summed E-state index contributed by atoms with van der Waals surface area (Å²) in [5.74, 6) is 0.0515. The number of hydrogen-bond donors (Lipinski definition) is 1. The summed E-state index contributed by atoms with van der Waals surface area (Å²) in [6.45, 7) is 5.96. The van der Waals surface area contributed by atoms with Crippen molar-refractivity contribution in [3.05, 3.63) is 65.7 Å². The van der Waals surface area contributed by atoms with Crippen molar-refractivity contribution in [1.29, 1.82) is 0 Å². The molecule has 2 aromatic rings. The van der Waals surface area contributed by atoms with Gasteiger partial charge in [0.1, 0.15) is 0 Å². The van der Waals surface area contributed by atoms with E-state index in [1.165, 1.54) is 5.56 Å². The van der Waals surface area contributed by atoms with Crippen LogP contribution in [0.15, 0.2) is 54.6 Å². The molecule has 20 heavy (non-hydrogen) atoms. The highest BCUT2D eigenvalue weighted by atomic mass is 16.2. The molecule has 0 aliphatic rings. The minimum atomic E-state index is -0.441. The second-order valence-electron chi connectivity index (χ2n) is 5.82. The van der Waals surface area contributed by atoms with E-state index < -0.39 is 5.41 Å². The van der Waals surface area contributed by atoms with Crippen molar-refractivity contribution in [3.8, 4) is 0 Å². The van der Waals surface area contributed by atoms with Gasteiger partial charge in [-0.15, -0.1) is 0 Å². The van der Waals surface area contributed by atoms with Crippen LogP contribution in [0.2, 0.25) is 0 Å². The Bertz CT molecular complexity index is 587. The second kappa shape index (κ2) is 5.91. The van der Waals surface area contributed by atoms with Crippen LogP contribution >= 0.6 is 0 Å². The van der Waals surface area contributed by atoms with Gasteiger partial charge in [0, 0.05) is 11.1 Å². The van der Waals surface area contributed by atoms with Gasteiger partial charge in [-0.1, -0.05) is 62.4 Å². The van der Waals surface area contributed by atoms with Crippen molar-refractivity contribution < 1.29 is 4.79 Å². The van der Waals surface area contributed by atoms with E-state index in [1.54, 1.807) is 0 Å². The van der Waals surface area contributed by atoms with Crippen molar-refractivity contribution in [2.45, 2.75) is 27.2 Å². The van der Waals surface area contributed by atoms with E-state index in [1.807, 2.05) is 63.2 Å². The van der Waals surface area contributed by atoms with Gasteiger partial charge in [-0.3, -0.25) is 4.79 Å². The number of benzene rings is 2. The van der Waals surface area contributed by atoms with E-state index in [2.05, 4.69) is 17.4 Å². The predicted octanol–water partition coefficient (Wildman–Crippen LogP) is 4.20. The van der Waals surface area contributed by atoms with Crippen LogP contribution in [0, 0.1) is 12.3 Å². The molecule has 0 atom stereocenters. The fraction of sp³-hybridized carbons (Fsp3) is 0.278. The van der Waals surface area contributed by atoms with Gasteiger partial charge < -0.3 is 5.32 Å². The van der Waals surface area contributed by atoms with Crippen LogP contribution in [0.25, 0.3) is 0 Å². The van der Waals surface area contributed by atoms with Gasteiger partial charge in [0.05, 0.1) is 0 Å². The summed E-state index contributed by atoms with van der Waals surface area (Å²) in [6, 6.07) is 18.0. The number of nitrogens with one attached hydrogen (secondary N) is 1. The molecule has 0 saturated carbocycles. The van der Waals surface area contributed by atoms with E-state index in [0.29, 0.717) is 0 Å². The first-order chi connectivity index (χ1) is 9.49. The van der Waals surface area contributed by atoms with E-state index in [4.69, 9.17) is 0 Å². The van der Waals surface area contributed by atoms with E-state index in [0.717, 1.165) is 17.7 Å². The van der Waals surface area contributed by atoms with Crippen LogP contribution in [0.5, 0.6) is 0 Å². The zero-order chi connectivity index (χ0) is 14.6. The minimum absolute atomic E-state index is 0.0515. The average Bonchev–Trinajstić information content (AvgIpc) is 2.42. The van der Waals surface area contributed by atoms with Gasteiger partial charge in [-0.05, 0) is 30.5 Å². The number of amides is 1. The maximum atomic E-state index is 12.5. The average molecular weight is 267 g/mol. The monoisotopic (exact) mass is 267 g/mol. The van der Waals surface area contributed by atoms with Gasteiger partial charge in [0.2, 0.25) is 5.91 Å². The summed E-state index contributed by atoms with van der Waals surface area (Å²) < 4.78 is 0. The standard InChI is InChI=1S/C18H21NO/c1-14-9-7-8-12-16(14)19-17(20)18(2,3)13-15-10-5-4-6-11-15/h4-12H,13H2,1-3H3,(H,19,20). The van der Waals surface area contributed by atoms with Crippen LogP contribution in [0.1, 0.15) is 25.0 Å². The van der Waals surface area contributed by atoms with Crippen molar-refractivity contribution in [2.24, 2.45) is 5.41 Å². The third kappa shape index (κ3) is 3.47. The Morgan fingerprint density at radius 1 is 1.00 bits per heavy atom. The number of carbonyl (C=O) groups excluding carboxylic acids is 1. The van der Waals surface area contributed by atoms with Crippen LogP contribution in [-0.4, -0.2) is 5.91 Å². The smallest absolute Gasteiger partial charge is 0.230 e. The van der Waals surface area contributed by atoms with Crippen molar-refractivity contribution in [2.75, 3.05) is 5.32 Å². The maximum absolute atomic E-state index is 12.5. The van der Waals surface area contributed by atoms with Crippen LogP contribution in [0.3, 0.4) is 0 Å². The molecule has 0 heterocycles. The second-order valence-corrected chi connectivity index (χ2v) is 5.82. The van der Waals surface area contributed by atoms with Gasteiger partial charge in [0.15, 0.2) is 0 Å². The summed E-state index contributed by atoms with van der Waals surface area (Å²) in [5, 5.41) is 3.03. The molecule has 1 N–H and O–H groups in total. The fourth-order valence-corrected chi connectivity index (χ4v) is 2.19. The highest BCUT2D eigenvalue weighted by molar-refractivity contribution is 5.95. The highest BCUT2D eigenvalue weighted by Crippen LogP contribution is 2.25. The van der Waals surface area contributed by atoms with E-state index in [9.17, 15) is 4.79 Å². The van der Waals surface area contributed by atoms with Crippen molar-refractivity contribution >= 4 is 11.6 Å². The first-order valence-electron chi connectivity index (χ1n) is 6.90.